The third-order valence-corrected chi connectivity index (χ3v) is 13.9. The van der Waals surface area contributed by atoms with Crippen molar-refractivity contribution >= 4 is 51.1 Å². The van der Waals surface area contributed by atoms with Crippen LogP contribution < -0.4 is 14.8 Å². The van der Waals surface area contributed by atoms with Crippen molar-refractivity contribution in [3.63, 3.8) is 0 Å². The van der Waals surface area contributed by atoms with Gasteiger partial charge in [-0.05, 0) is 90.5 Å². The van der Waals surface area contributed by atoms with E-state index in [1.807, 2.05) is 45.6 Å². The minimum absolute atomic E-state index is 0.0288. The maximum Gasteiger partial charge on any atom is 0.410 e. The molecular weight excluding hydrogens is 865 g/mol. The summed E-state index contributed by atoms with van der Waals surface area (Å²) in [5.41, 5.74) is 2.72. The molecule has 1 amide bonds. The van der Waals surface area contributed by atoms with Crippen LogP contribution in [0.2, 0.25) is 10.0 Å². The minimum Gasteiger partial charge on any atom is -0.485 e. The largest absolute Gasteiger partial charge is 0.485 e. The zero-order valence-electron chi connectivity index (χ0n) is 36.7. The number of pyridine rings is 2. The highest BCUT2D eigenvalue weighted by molar-refractivity contribution is 6.43. The highest BCUT2D eigenvalue weighted by Gasteiger charge is 2.57. The fourth-order valence-electron chi connectivity index (χ4n) is 10.1. The first kappa shape index (κ1) is 44.4. The van der Waals surface area contributed by atoms with E-state index in [1.54, 1.807) is 18.2 Å². The van der Waals surface area contributed by atoms with Crippen LogP contribution in [0.15, 0.2) is 42.6 Å². The van der Waals surface area contributed by atoms with Gasteiger partial charge in [0.2, 0.25) is 5.88 Å². The molecule has 16 heteroatoms. The molecular formula is C48H52Cl2F2N6O6. The highest BCUT2D eigenvalue weighted by Crippen LogP contribution is 2.54. The maximum atomic E-state index is 17.9. The second kappa shape index (κ2) is 17.5. The molecule has 4 aliphatic heterocycles. The Labute approximate surface area is 381 Å². The SMILES string of the molecule is COc1cc(O[C@H]2C[C@H](c3cc4c([C@@H](C)OC5CCCCO5)nc5c(F)c(-c6cccc(Cl)c6Cl)c(CCC#N)cc5c4n3[C@H]3[C@@H]4C[C@H]3N(C(=O)OC(C)(C)C)C4)N[C@@H]2C)c(F)cn1. The molecule has 1 aliphatic carbocycles. The molecule has 338 valence electrons. The van der Waals surface area contributed by atoms with Crippen LogP contribution in [-0.2, 0) is 20.6 Å². The molecule has 1 N–H and O–H groups in total. The number of methoxy groups -OCH3 is 1. The van der Waals surface area contributed by atoms with Crippen LogP contribution in [0.1, 0.15) is 108 Å². The summed E-state index contributed by atoms with van der Waals surface area (Å²) < 4.78 is 65.5. The van der Waals surface area contributed by atoms with E-state index < -0.39 is 35.7 Å². The zero-order chi connectivity index (χ0) is 45.2. The average Bonchev–Trinajstić information content (AvgIpc) is 4.04. The number of fused-ring (bicyclic) bond motifs is 4. The molecule has 0 spiro atoms. The summed E-state index contributed by atoms with van der Waals surface area (Å²) in [5.74, 6) is -0.896. The van der Waals surface area contributed by atoms with E-state index in [2.05, 4.69) is 27.0 Å². The molecule has 64 heavy (non-hydrogen) atoms. The molecule has 3 aromatic heterocycles. The monoisotopic (exact) mass is 916 g/mol. The molecule has 7 heterocycles. The Morgan fingerprint density at radius 2 is 1.95 bits per heavy atom. The maximum absolute atomic E-state index is 17.9. The molecule has 2 bridgehead atoms. The Kier molecular flexibility index (Phi) is 12.2. The third kappa shape index (κ3) is 8.12. The zero-order valence-corrected chi connectivity index (χ0v) is 38.2. The van der Waals surface area contributed by atoms with Crippen molar-refractivity contribution in [2.45, 2.75) is 128 Å². The third-order valence-electron chi connectivity index (χ3n) is 13.1. The number of benzene rings is 2. The van der Waals surface area contributed by atoms with Crippen LogP contribution in [-0.4, -0.2) is 75.9 Å². The molecule has 5 fully saturated rings. The lowest BCUT2D eigenvalue weighted by atomic mass is 9.79. The molecule has 5 aliphatic rings. The summed E-state index contributed by atoms with van der Waals surface area (Å²) in [7, 11) is 1.46. The van der Waals surface area contributed by atoms with E-state index in [-0.39, 0.29) is 81.8 Å². The van der Waals surface area contributed by atoms with Gasteiger partial charge in [0.15, 0.2) is 23.7 Å². The summed E-state index contributed by atoms with van der Waals surface area (Å²) in [4.78, 5) is 24.8. The molecule has 10 rings (SSSR count). The summed E-state index contributed by atoms with van der Waals surface area (Å²) in [5, 5.41) is 15.3. The van der Waals surface area contributed by atoms with Crippen LogP contribution in [0.5, 0.6) is 11.6 Å². The van der Waals surface area contributed by atoms with Crippen LogP contribution in [0.4, 0.5) is 13.6 Å². The second-order valence-electron chi connectivity index (χ2n) is 18.4. The van der Waals surface area contributed by atoms with Crippen molar-refractivity contribution in [2.75, 3.05) is 20.3 Å². The number of halogens is 4. The van der Waals surface area contributed by atoms with Gasteiger partial charge in [0.05, 0.1) is 58.8 Å². The van der Waals surface area contributed by atoms with E-state index in [4.69, 9.17) is 51.9 Å². The number of aromatic nitrogens is 3. The van der Waals surface area contributed by atoms with Gasteiger partial charge >= 0.3 is 6.09 Å². The number of hydrogen-bond donors (Lipinski definition) is 1. The van der Waals surface area contributed by atoms with Crippen LogP contribution in [0.3, 0.4) is 0 Å². The number of aryl methyl sites for hydroxylation is 1. The quantitative estimate of drug-likeness (QED) is 0.136. The smallest absolute Gasteiger partial charge is 0.410 e. The summed E-state index contributed by atoms with van der Waals surface area (Å²) in [6, 6.07) is 11.8. The molecule has 1 saturated carbocycles. The number of carbonyl (C=O) groups is 1. The number of carbonyl (C=O) groups excluding carboxylic acids is 1. The topological polar surface area (TPSA) is 133 Å². The van der Waals surface area contributed by atoms with Gasteiger partial charge in [0.1, 0.15) is 23.3 Å². The standard InChI is InChI=1S/C48H52Cl2F2N6O6/c1-24-36(63-37-21-38(60-6)54-22-32(37)51)20-33(55-24)34-19-30-43(25(2)62-39-14-7-8-16-61-39)56-44-29(17-26(11-10-15-53)40(42(44)52)28-12-9-13-31(49)41(28)50)46(30)58(34)45-27-18-35(45)57(23-27)47(59)64-48(3,4)5/h9,12-13,17,19,21-22,24-25,27,33,35-36,39,45,55H,7-8,10-11,14,16,18,20,23H2,1-6H3/t24-,25-,27-,33-,35-,36+,39?,45+/m1/s1. The van der Waals surface area contributed by atoms with Gasteiger partial charge in [-0.3, -0.25) is 0 Å². The number of amides is 1. The Bertz CT molecular complexity index is 2660. The van der Waals surface area contributed by atoms with Crippen molar-refractivity contribution < 1.29 is 37.3 Å². The number of rotatable bonds is 11. The minimum atomic E-state index is -0.696. The Hall–Kier alpha value is -4.78. The van der Waals surface area contributed by atoms with E-state index in [0.717, 1.165) is 42.1 Å². The van der Waals surface area contributed by atoms with Crippen LogP contribution in [0, 0.1) is 28.9 Å². The van der Waals surface area contributed by atoms with Crippen molar-refractivity contribution in [3.05, 3.63) is 81.2 Å². The molecule has 1 unspecified atom stereocenters. The van der Waals surface area contributed by atoms with Gasteiger partial charge in [0, 0.05) is 71.6 Å². The highest BCUT2D eigenvalue weighted by atomic mass is 35.5. The van der Waals surface area contributed by atoms with Crippen molar-refractivity contribution in [1.82, 2.24) is 24.8 Å². The van der Waals surface area contributed by atoms with E-state index in [0.29, 0.717) is 48.2 Å². The molecule has 8 atom stereocenters. The van der Waals surface area contributed by atoms with Gasteiger partial charge in [0.25, 0.3) is 0 Å². The molecule has 4 saturated heterocycles. The van der Waals surface area contributed by atoms with Crippen molar-refractivity contribution in [1.29, 1.82) is 5.26 Å². The number of nitriles is 1. The summed E-state index contributed by atoms with van der Waals surface area (Å²) in [6.45, 7) is 10.5. The molecule has 0 radical (unpaired) electrons. The first-order valence-corrected chi connectivity index (χ1v) is 22.8. The Morgan fingerprint density at radius 3 is 2.69 bits per heavy atom. The van der Waals surface area contributed by atoms with Gasteiger partial charge in [-0.1, -0.05) is 35.3 Å². The average molecular weight is 918 g/mol. The summed E-state index contributed by atoms with van der Waals surface area (Å²) in [6.07, 6.45) is 3.29. The number of ether oxygens (including phenoxy) is 5. The van der Waals surface area contributed by atoms with Crippen LogP contribution >= 0.6 is 23.2 Å². The normalized spacial score (nSPS) is 24.8. The van der Waals surface area contributed by atoms with Gasteiger partial charge < -0.3 is 38.5 Å². The molecule has 5 aromatic rings. The lowest BCUT2D eigenvalue weighted by molar-refractivity contribution is -0.186. The first-order valence-electron chi connectivity index (χ1n) is 22.1. The van der Waals surface area contributed by atoms with Crippen LogP contribution in [0.25, 0.3) is 32.9 Å². The van der Waals surface area contributed by atoms with Gasteiger partial charge in [-0.25, -0.2) is 23.5 Å². The molecule has 12 nitrogen and oxygen atoms in total. The van der Waals surface area contributed by atoms with Crippen molar-refractivity contribution in [2.24, 2.45) is 5.92 Å². The summed E-state index contributed by atoms with van der Waals surface area (Å²) >= 11 is 13.3. The fourth-order valence-corrected chi connectivity index (χ4v) is 10.5. The Balaban J connectivity index is 1.27. The fraction of sp³-hybridized carbons (Fsp3) is 0.500. The first-order chi connectivity index (χ1) is 30.6. The second-order valence-corrected chi connectivity index (χ2v) is 19.2. The van der Waals surface area contributed by atoms with Crippen molar-refractivity contribution in [3.8, 4) is 28.8 Å². The predicted molar refractivity (Wildman–Crippen MR) is 239 cm³/mol. The lowest BCUT2D eigenvalue weighted by Gasteiger charge is -2.40. The van der Waals surface area contributed by atoms with E-state index in [1.165, 1.54) is 13.2 Å². The lowest BCUT2D eigenvalue weighted by Crippen LogP contribution is -2.44. The van der Waals surface area contributed by atoms with E-state index >= 15 is 8.78 Å². The predicted octanol–water partition coefficient (Wildman–Crippen LogP) is 11.0. The number of nitrogens with zero attached hydrogens (tertiary/aromatic N) is 5. The Morgan fingerprint density at radius 1 is 1.14 bits per heavy atom. The number of hydrogen-bond acceptors (Lipinski definition) is 10. The number of nitrogens with one attached hydrogen (secondary N) is 1. The van der Waals surface area contributed by atoms with E-state index in [9.17, 15) is 10.1 Å². The van der Waals surface area contributed by atoms with Gasteiger partial charge in [-0.2, -0.15) is 5.26 Å². The van der Waals surface area contributed by atoms with Gasteiger partial charge in [-0.15, -0.1) is 0 Å². The molecule has 2 aromatic carbocycles.